The summed E-state index contributed by atoms with van der Waals surface area (Å²) in [6.45, 7) is 0. The zero-order chi connectivity index (χ0) is 37.0. The Kier molecular flexibility index (Phi) is 7.42. The van der Waals surface area contributed by atoms with Crippen LogP contribution in [0.2, 0.25) is 0 Å². The lowest BCUT2D eigenvalue weighted by atomic mass is 10.0. The van der Waals surface area contributed by atoms with E-state index in [1.54, 1.807) is 0 Å². The molecule has 0 atom stereocenters. The summed E-state index contributed by atoms with van der Waals surface area (Å²) in [6.07, 6.45) is 0. The summed E-state index contributed by atoms with van der Waals surface area (Å²) in [7, 11) is 0. The summed E-state index contributed by atoms with van der Waals surface area (Å²) in [6, 6.07) is 67.3. The lowest BCUT2D eigenvalue weighted by Crippen LogP contribution is -2.03. The Bertz CT molecular complexity index is 3220. The van der Waals surface area contributed by atoms with Crippen molar-refractivity contribution >= 4 is 43.7 Å². The summed E-state index contributed by atoms with van der Waals surface area (Å²) in [5, 5.41) is 4.38. The van der Waals surface area contributed by atoms with Gasteiger partial charge in [-0.05, 0) is 64.7 Å². The summed E-state index contributed by atoms with van der Waals surface area (Å²) in [4.78, 5) is 15.4. The number of hydrogen-bond donors (Lipinski definition) is 0. The first-order valence-corrected chi connectivity index (χ1v) is 18.8. The van der Waals surface area contributed by atoms with Gasteiger partial charge in [0.2, 0.25) is 0 Å². The van der Waals surface area contributed by atoms with Gasteiger partial charge in [-0.15, -0.1) is 0 Å². The highest BCUT2D eigenvalue weighted by Crippen LogP contribution is 2.42. The molecule has 3 aromatic heterocycles. The highest BCUT2D eigenvalue weighted by Gasteiger charge is 2.22. The van der Waals surface area contributed by atoms with E-state index in [1.807, 2.05) is 42.5 Å². The predicted octanol–water partition coefficient (Wildman–Crippen LogP) is 13.2. The highest BCUT2D eigenvalue weighted by atomic mass is 16.3. The summed E-state index contributed by atoms with van der Waals surface area (Å²) >= 11 is 0. The van der Waals surface area contributed by atoms with E-state index in [2.05, 4.69) is 156 Å². The fourth-order valence-corrected chi connectivity index (χ4v) is 8.00. The molecule has 11 rings (SSSR count). The molecule has 5 nitrogen and oxygen atoms in total. The van der Waals surface area contributed by atoms with E-state index in [-0.39, 0.29) is 0 Å². The molecule has 0 fully saturated rings. The van der Waals surface area contributed by atoms with Crippen LogP contribution in [0.3, 0.4) is 0 Å². The van der Waals surface area contributed by atoms with Gasteiger partial charge in [0.1, 0.15) is 11.2 Å². The van der Waals surface area contributed by atoms with E-state index in [9.17, 15) is 0 Å². The van der Waals surface area contributed by atoms with Gasteiger partial charge >= 0.3 is 0 Å². The Labute approximate surface area is 322 Å². The second-order valence-corrected chi connectivity index (χ2v) is 14.0. The Morgan fingerprint density at radius 3 is 1.62 bits per heavy atom. The predicted molar refractivity (Wildman–Crippen MR) is 229 cm³/mol. The first-order chi connectivity index (χ1) is 27.8. The zero-order valence-corrected chi connectivity index (χ0v) is 30.2. The monoisotopic (exact) mass is 716 g/mol. The molecule has 0 aliphatic rings. The van der Waals surface area contributed by atoms with Gasteiger partial charge in [-0.25, -0.2) is 15.0 Å². The average Bonchev–Trinajstić information content (AvgIpc) is 3.82. The van der Waals surface area contributed by atoms with E-state index in [0.717, 1.165) is 82.8 Å². The van der Waals surface area contributed by atoms with Crippen molar-refractivity contribution < 1.29 is 4.42 Å². The third-order valence-electron chi connectivity index (χ3n) is 10.7. The Morgan fingerprint density at radius 2 is 0.893 bits per heavy atom. The zero-order valence-electron chi connectivity index (χ0n) is 30.2. The van der Waals surface area contributed by atoms with Crippen molar-refractivity contribution in [2.24, 2.45) is 0 Å². The Morgan fingerprint density at radius 1 is 0.357 bits per heavy atom. The third kappa shape index (κ3) is 5.29. The molecule has 262 valence electrons. The summed E-state index contributed by atoms with van der Waals surface area (Å²) in [5.74, 6) is 1.83. The number of para-hydroxylation sites is 2. The lowest BCUT2D eigenvalue weighted by Gasteiger charge is -2.14. The molecule has 5 heteroatoms. The van der Waals surface area contributed by atoms with Crippen molar-refractivity contribution in [3.05, 3.63) is 194 Å². The van der Waals surface area contributed by atoms with Gasteiger partial charge in [0.25, 0.3) is 0 Å². The number of benzene rings is 8. The van der Waals surface area contributed by atoms with Crippen LogP contribution in [0.25, 0.3) is 106 Å². The molecular formula is C51H32N4O. The van der Waals surface area contributed by atoms with Crippen LogP contribution in [0, 0.1) is 0 Å². The summed E-state index contributed by atoms with van der Waals surface area (Å²) in [5.41, 5.74) is 12.2. The maximum atomic E-state index is 6.75. The number of fused-ring (bicyclic) bond motifs is 7. The van der Waals surface area contributed by atoms with Crippen molar-refractivity contribution in [2.45, 2.75) is 0 Å². The van der Waals surface area contributed by atoms with E-state index >= 15 is 0 Å². The SMILES string of the molecule is c1ccc(-c2ccc(-c3nc(-c4ccccc4)nc(-c4ccccc4-n4c5ccccc5c5c6oc7ccc(-c8ccccc8)cc7c6ccc54)n3)cc2)cc1. The number of furan rings is 1. The first-order valence-electron chi connectivity index (χ1n) is 18.8. The molecule has 0 bridgehead atoms. The van der Waals surface area contributed by atoms with Gasteiger partial charge in [0.05, 0.1) is 22.1 Å². The minimum atomic E-state index is 0.598. The molecular weight excluding hydrogens is 685 g/mol. The molecule has 0 saturated carbocycles. The van der Waals surface area contributed by atoms with Crippen molar-refractivity contribution in [3.8, 4) is 62.1 Å². The quantitative estimate of drug-likeness (QED) is 0.172. The van der Waals surface area contributed by atoms with E-state index in [0.29, 0.717) is 17.5 Å². The maximum Gasteiger partial charge on any atom is 0.166 e. The minimum Gasteiger partial charge on any atom is -0.455 e. The van der Waals surface area contributed by atoms with Crippen LogP contribution in [0.15, 0.2) is 199 Å². The van der Waals surface area contributed by atoms with Crippen molar-refractivity contribution in [2.75, 3.05) is 0 Å². The Balaban J connectivity index is 1.11. The number of aromatic nitrogens is 4. The molecule has 0 unspecified atom stereocenters. The molecule has 8 aromatic carbocycles. The van der Waals surface area contributed by atoms with Crippen LogP contribution >= 0.6 is 0 Å². The number of nitrogens with zero attached hydrogens (tertiary/aromatic N) is 4. The van der Waals surface area contributed by atoms with Gasteiger partial charge < -0.3 is 8.98 Å². The van der Waals surface area contributed by atoms with E-state index in [1.165, 1.54) is 5.56 Å². The van der Waals surface area contributed by atoms with E-state index < -0.39 is 0 Å². The molecule has 11 aromatic rings. The van der Waals surface area contributed by atoms with Crippen LogP contribution in [0.1, 0.15) is 0 Å². The largest absolute Gasteiger partial charge is 0.455 e. The normalized spacial score (nSPS) is 11.6. The van der Waals surface area contributed by atoms with Crippen LogP contribution in [-0.4, -0.2) is 19.5 Å². The van der Waals surface area contributed by atoms with Gasteiger partial charge in [-0.2, -0.15) is 0 Å². The van der Waals surface area contributed by atoms with Crippen LogP contribution in [0.4, 0.5) is 0 Å². The fourth-order valence-electron chi connectivity index (χ4n) is 8.00. The molecule has 0 radical (unpaired) electrons. The maximum absolute atomic E-state index is 6.75. The van der Waals surface area contributed by atoms with Gasteiger partial charge in [-0.1, -0.05) is 152 Å². The molecule has 0 aliphatic carbocycles. The standard InChI is InChI=1S/C51H32N4O/c1-4-14-33(15-5-1)35-24-26-37(27-25-35)50-52-49(36-18-8-3-9-19-36)53-51(54-50)41-21-11-13-23-44(41)55-43-22-12-10-20-40(43)47-45(55)30-29-39-42-32-38(34-16-6-2-7-17-34)28-31-46(42)56-48(39)47/h1-32H. The van der Waals surface area contributed by atoms with Crippen molar-refractivity contribution in [1.29, 1.82) is 0 Å². The van der Waals surface area contributed by atoms with Crippen LogP contribution in [0.5, 0.6) is 0 Å². The minimum absolute atomic E-state index is 0.598. The van der Waals surface area contributed by atoms with Crippen LogP contribution in [-0.2, 0) is 0 Å². The number of rotatable bonds is 6. The highest BCUT2D eigenvalue weighted by molar-refractivity contribution is 6.24. The molecule has 0 N–H and O–H groups in total. The first kappa shape index (κ1) is 31.9. The van der Waals surface area contributed by atoms with E-state index in [4.69, 9.17) is 19.4 Å². The second-order valence-electron chi connectivity index (χ2n) is 14.0. The van der Waals surface area contributed by atoms with Gasteiger partial charge in [0, 0.05) is 32.8 Å². The fraction of sp³-hybridized carbons (Fsp3) is 0. The topological polar surface area (TPSA) is 56.7 Å². The summed E-state index contributed by atoms with van der Waals surface area (Å²) < 4.78 is 9.07. The van der Waals surface area contributed by atoms with Crippen molar-refractivity contribution in [3.63, 3.8) is 0 Å². The average molecular weight is 717 g/mol. The van der Waals surface area contributed by atoms with Crippen LogP contribution < -0.4 is 0 Å². The molecule has 0 amide bonds. The van der Waals surface area contributed by atoms with Gasteiger partial charge in [0.15, 0.2) is 17.5 Å². The second kappa shape index (κ2) is 13.0. The lowest BCUT2D eigenvalue weighted by molar-refractivity contribution is 0.673. The molecule has 56 heavy (non-hydrogen) atoms. The molecule has 3 heterocycles. The van der Waals surface area contributed by atoms with Crippen molar-refractivity contribution in [1.82, 2.24) is 19.5 Å². The van der Waals surface area contributed by atoms with Gasteiger partial charge in [-0.3, -0.25) is 0 Å². The molecule has 0 aliphatic heterocycles. The molecule has 0 spiro atoms. The number of hydrogen-bond acceptors (Lipinski definition) is 4. The smallest absolute Gasteiger partial charge is 0.166 e. The Hall–Kier alpha value is -7.63. The third-order valence-corrected chi connectivity index (χ3v) is 10.7. The molecule has 0 saturated heterocycles.